The van der Waals surface area contributed by atoms with Crippen molar-refractivity contribution < 1.29 is 9.53 Å². The maximum atomic E-state index is 12.6. The Morgan fingerprint density at radius 2 is 1.96 bits per heavy atom. The number of nitrogens with zero attached hydrogens (tertiary/aromatic N) is 1. The molecule has 0 radical (unpaired) electrons. The highest BCUT2D eigenvalue weighted by Gasteiger charge is 2.20. The minimum absolute atomic E-state index is 0.130. The largest absolute Gasteiger partial charge is 0.496 e. The molecule has 2 N–H and O–H groups in total. The number of rotatable bonds is 5. The molecule has 23 heavy (non-hydrogen) atoms. The van der Waals surface area contributed by atoms with Gasteiger partial charge in [0, 0.05) is 10.9 Å². The summed E-state index contributed by atoms with van der Waals surface area (Å²) in [6, 6.07) is 15.2. The van der Waals surface area contributed by atoms with Gasteiger partial charge in [-0.25, -0.2) is 0 Å². The van der Waals surface area contributed by atoms with Gasteiger partial charge in [-0.3, -0.25) is 9.89 Å². The second kappa shape index (κ2) is 6.52. The van der Waals surface area contributed by atoms with Crippen LogP contribution in [0.4, 0.5) is 0 Å². The number of benzene rings is 2. The highest BCUT2D eigenvalue weighted by Crippen LogP contribution is 2.27. The number of ether oxygens (including phenoxy) is 1. The zero-order chi connectivity index (χ0) is 16.2. The molecule has 0 aliphatic heterocycles. The van der Waals surface area contributed by atoms with Gasteiger partial charge in [-0.15, -0.1) is 0 Å². The van der Waals surface area contributed by atoms with Crippen LogP contribution in [0.1, 0.15) is 35.4 Å². The Labute approximate surface area is 134 Å². The van der Waals surface area contributed by atoms with E-state index in [1.165, 1.54) is 0 Å². The molecule has 1 heterocycles. The molecule has 5 heteroatoms. The number of fused-ring (bicyclic) bond motifs is 1. The summed E-state index contributed by atoms with van der Waals surface area (Å²) in [5, 5.41) is 10.9. The summed E-state index contributed by atoms with van der Waals surface area (Å²) < 4.78 is 5.40. The van der Waals surface area contributed by atoms with Crippen molar-refractivity contribution in [1.29, 1.82) is 0 Å². The standard InChI is InChI=1S/C18H19N3O2/c1-3-14(12-8-5-7-11-16(12)23-2)19-18(22)17-13-9-4-6-10-15(13)20-21-17/h4-11,14H,3H2,1-2H3,(H,19,22)(H,20,21). The molecule has 0 aliphatic carbocycles. The first-order valence-electron chi connectivity index (χ1n) is 7.61. The van der Waals surface area contributed by atoms with Gasteiger partial charge in [-0.05, 0) is 18.6 Å². The summed E-state index contributed by atoms with van der Waals surface area (Å²) in [6.45, 7) is 2.03. The fraction of sp³-hybridized carbons (Fsp3) is 0.222. The van der Waals surface area contributed by atoms with E-state index in [0.717, 1.165) is 28.6 Å². The minimum Gasteiger partial charge on any atom is -0.496 e. The fourth-order valence-corrected chi connectivity index (χ4v) is 2.72. The third kappa shape index (κ3) is 2.90. The molecule has 3 rings (SSSR count). The molecule has 0 saturated heterocycles. The lowest BCUT2D eigenvalue weighted by molar-refractivity contribution is 0.0931. The average molecular weight is 309 g/mol. The summed E-state index contributed by atoms with van der Waals surface area (Å²) in [7, 11) is 1.63. The quantitative estimate of drug-likeness (QED) is 0.758. The van der Waals surface area contributed by atoms with Crippen LogP contribution in [0.2, 0.25) is 0 Å². The van der Waals surface area contributed by atoms with E-state index in [0.29, 0.717) is 5.69 Å². The first-order valence-corrected chi connectivity index (χ1v) is 7.61. The lowest BCUT2D eigenvalue weighted by atomic mass is 10.0. The number of aromatic nitrogens is 2. The van der Waals surface area contributed by atoms with Crippen LogP contribution in [0.5, 0.6) is 5.75 Å². The smallest absolute Gasteiger partial charge is 0.272 e. The van der Waals surface area contributed by atoms with Crippen molar-refractivity contribution >= 4 is 16.8 Å². The monoisotopic (exact) mass is 309 g/mol. The zero-order valence-corrected chi connectivity index (χ0v) is 13.2. The molecule has 0 saturated carbocycles. The lowest BCUT2D eigenvalue weighted by Crippen LogP contribution is -2.28. The number of para-hydroxylation sites is 2. The highest BCUT2D eigenvalue weighted by molar-refractivity contribution is 6.04. The van der Waals surface area contributed by atoms with Gasteiger partial charge in [0.1, 0.15) is 5.75 Å². The van der Waals surface area contributed by atoms with E-state index in [-0.39, 0.29) is 11.9 Å². The molecule has 1 atom stereocenters. The molecule has 2 aromatic carbocycles. The van der Waals surface area contributed by atoms with Crippen molar-refractivity contribution in [2.45, 2.75) is 19.4 Å². The third-order valence-corrected chi connectivity index (χ3v) is 3.91. The summed E-state index contributed by atoms with van der Waals surface area (Å²) in [4.78, 5) is 12.6. The van der Waals surface area contributed by atoms with Crippen molar-refractivity contribution in [1.82, 2.24) is 15.5 Å². The van der Waals surface area contributed by atoms with Gasteiger partial charge < -0.3 is 10.1 Å². The molecule has 0 spiro atoms. The molecule has 0 fully saturated rings. The van der Waals surface area contributed by atoms with Gasteiger partial charge >= 0.3 is 0 Å². The van der Waals surface area contributed by atoms with Crippen LogP contribution < -0.4 is 10.1 Å². The second-order valence-corrected chi connectivity index (χ2v) is 5.29. The van der Waals surface area contributed by atoms with Crippen molar-refractivity contribution in [2.24, 2.45) is 0 Å². The Bertz CT molecular complexity index is 826. The summed E-state index contributed by atoms with van der Waals surface area (Å²) in [5.74, 6) is 0.576. The van der Waals surface area contributed by atoms with Crippen molar-refractivity contribution in [3.63, 3.8) is 0 Å². The molecule has 3 aromatic rings. The molecule has 1 aromatic heterocycles. The second-order valence-electron chi connectivity index (χ2n) is 5.29. The van der Waals surface area contributed by atoms with Gasteiger partial charge in [0.25, 0.3) is 5.91 Å². The number of hydrogen-bond donors (Lipinski definition) is 2. The van der Waals surface area contributed by atoms with Gasteiger partial charge in [0.05, 0.1) is 18.7 Å². The first kappa shape index (κ1) is 15.1. The van der Waals surface area contributed by atoms with Gasteiger partial charge in [-0.1, -0.05) is 43.3 Å². The van der Waals surface area contributed by atoms with Crippen molar-refractivity contribution in [3.8, 4) is 5.75 Å². The Morgan fingerprint density at radius 1 is 1.22 bits per heavy atom. The number of nitrogens with one attached hydrogen (secondary N) is 2. The minimum atomic E-state index is -0.194. The van der Waals surface area contributed by atoms with E-state index < -0.39 is 0 Å². The van der Waals surface area contributed by atoms with Crippen LogP contribution in [-0.4, -0.2) is 23.2 Å². The molecule has 5 nitrogen and oxygen atoms in total. The molecule has 0 aliphatic rings. The first-order chi connectivity index (χ1) is 11.2. The number of hydrogen-bond acceptors (Lipinski definition) is 3. The maximum absolute atomic E-state index is 12.6. The number of amides is 1. The van der Waals surface area contributed by atoms with E-state index in [1.807, 2.05) is 55.5 Å². The molecule has 1 amide bonds. The topological polar surface area (TPSA) is 67.0 Å². The van der Waals surface area contributed by atoms with Gasteiger partial charge in [0.15, 0.2) is 5.69 Å². The number of carbonyl (C=O) groups excluding carboxylic acids is 1. The number of H-pyrrole nitrogens is 1. The predicted octanol–water partition coefficient (Wildman–Crippen LogP) is 3.45. The number of carbonyl (C=O) groups is 1. The van der Waals surface area contributed by atoms with Crippen LogP contribution in [0.3, 0.4) is 0 Å². The SMILES string of the molecule is CCC(NC(=O)c1n[nH]c2ccccc12)c1ccccc1OC. The maximum Gasteiger partial charge on any atom is 0.272 e. The van der Waals surface area contributed by atoms with Crippen molar-refractivity contribution in [3.05, 3.63) is 59.8 Å². The molecule has 118 valence electrons. The molecular formula is C18H19N3O2. The summed E-state index contributed by atoms with van der Waals surface area (Å²) in [6.07, 6.45) is 0.758. The Hall–Kier alpha value is -2.82. The third-order valence-electron chi connectivity index (χ3n) is 3.91. The Morgan fingerprint density at radius 3 is 2.74 bits per heavy atom. The van der Waals surface area contributed by atoms with Crippen LogP contribution in [0.15, 0.2) is 48.5 Å². The van der Waals surface area contributed by atoms with E-state index in [1.54, 1.807) is 7.11 Å². The Kier molecular flexibility index (Phi) is 4.28. The van der Waals surface area contributed by atoms with Crippen LogP contribution in [0.25, 0.3) is 10.9 Å². The lowest BCUT2D eigenvalue weighted by Gasteiger charge is -2.19. The van der Waals surface area contributed by atoms with Gasteiger partial charge in [-0.2, -0.15) is 5.10 Å². The fourth-order valence-electron chi connectivity index (χ4n) is 2.72. The predicted molar refractivity (Wildman–Crippen MR) is 89.6 cm³/mol. The average Bonchev–Trinajstić information content (AvgIpc) is 3.03. The van der Waals surface area contributed by atoms with E-state index >= 15 is 0 Å². The Balaban J connectivity index is 1.88. The zero-order valence-electron chi connectivity index (χ0n) is 13.2. The van der Waals surface area contributed by atoms with Crippen molar-refractivity contribution in [2.75, 3.05) is 7.11 Å². The van der Waals surface area contributed by atoms with E-state index in [2.05, 4.69) is 15.5 Å². The number of aromatic amines is 1. The van der Waals surface area contributed by atoms with Crippen LogP contribution in [0, 0.1) is 0 Å². The molecule has 0 bridgehead atoms. The summed E-state index contributed by atoms with van der Waals surface area (Å²) in [5.41, 5.74) is 2.22. The van der Waals surface area contributed by atoms with E-state index in [9.17, 15) is 4.79 Å². The van der Waals surface area contributed by atoms with Crippen LogP contribution in [-0.2, 0) is 0 Å². The van der Waals surface area contributed by atoms with E-state index in [4.69, 9.17) is 4.74 Å². The van der Waals surface area contributed by atoms with Crippen LogP contribution >= 0.6 is 0 Å². The molecular weight excluding hydrogens is 290 g/mol. The highest BCUT2D eigenvalue weighted by atomic mass is 16.5. The summed E-state index contributed by atoms with van der Waals surface area (Å²) >= 11 is 0. The normalized spacial score (nSPS) is 12.1. The molecule has 1 unspecified atom stereocenters. The number of methoxy groups -OCH3 is 1. The van der Waals surface area contributed by atoms with Gasteiger partial charge in [0.2, 0.25) is 0 Å².